The molecular formula is C28H44N4O5. The van der Waals surface area contributed by atoms with Crippen molar-refractivity contribution in [2.75, 3.05) is 26.3 Å². The molecule has 0 atom stereocenters. The molecule has 1 aliphatic heterocycles. The molecule has 0 bridgehead atoms. The summed E-state index contributed by atoms with van der Waals surface area (Å²) in [6.45, 7) is 7.22. The first-order chi connectivity index (χ1) is 17.7. The third-order valence-corrected chi connectivity index (χ3v) is 6.67. The van der Waals surface area contributed by atoms with E-state index in [1.807, 2.05) is 43.9 Å². The number of hydrogen-bond donors (Lipinski definition) is 2. The van der Waals surface area contributed by atoms with Crippen LogP contribution in [0.25, 0.3) is 0 Å². The van der Waals surface area contributed by atoms with E-state index in [-0.39, 0.29) is 31.0 Å². The molecule has 0 aromatic heterocycles. The summed E-state index contributed by atoms with van der Waals surface area (Å²) in [5.74, 6) is 0.681. The zero-order chi connectivity index (χ0) is 26.8. The first-order valence-corrected chi connectivity index (χ1v) is 13.6. The molecule has 1 saturated carbocycles. The third kappa shape index (κ3) is 8.91. The van der Waals surface area contributed by atoms with E-state index in [2.05, 4.69) is 4.99 Å². The summed E-state index contributed by atoms with van der Waals surface area (Å²) < 4.78 is 11.4. The number of hydrogen-bond acceptors (Lipinski definition) is 8. The van der Waals surface area contributed by atoms with Gasteiger partial charge < -0.3 is 30.1 Å². The van der Waals surface area contributed by atoms with Crippen molar-refractivity contribution in [2.45, 2.75) is 96.7 Å². The van der Waals surface area contributed by atoms with E-state index in [9.17, 15) is 9.59 Å². The van der Waals surface area contributed by atoms with Crippen LogP contribution in [0.5, 0.6) is 5.75 Å². The highest BCUT2D eigenvalue weighted by Gasteiger charge is 2.26. The smallest absolute Gasteiger partial charge is 0.326 e. The summed E-state index contributed by atoms with van der Waals surface area (Å²) in [5.41, 5.74) is 7.19. The summed E-state index contributed by atoms with van der Waals surface area (Å²) >= 11 is 0. The molecular weight excluding hydrogens is 472 g/mol. The van der Waals surface area contributed by atoms with E-state index in [1.54, 1.807) is 4.90 Å². The molecule has 0 unspecified atom stereocenters. The zero-order valence-electron chi connectivity index (χ0n) is 22.7. The number of ether oxygens (including phenoxy) is 2. The molecule has 0 radical (unpaired) electrons. The standard InChI is InChI=1S/C28H44N4O5/c1-28(2,3)37-25(35)20-31-19-21-11-9-14-23(26(21)30-27(31)29)36-18-10-15-24(34)32(16-7-8-17-33)22-12-5-4-6-13-22/h9,11,14,22,33H,4-8,10,12-13,15-20H2,1-3H3,(H2,29,30). The summed E-state index contributed by atoms with van der Waals surface area (Å²) in [6, 6.07) is 6.01. The second kappa shape index (κ2) is 13.7. The van der Waals surface area contributed by atoms with E-state index in [0.29, 0.717) is 50.0 Å². The van der Waals surface area contributed by atoms with Gasteiger partial charge in [0.15, 0.2) is 5.96 Å². The minimum absolute atomic E-state index is 0.0229. The van der Waals surface area contributed by atoms with Gasteiger partial charge >= 0.3 is 5.97 Å². The molecule has 9 nitrogen and oxygen atoms in total. The number of amides is 1. The van der Waals surface area contributed by atoms with Crippen molar-refractivity contribution >= 4 is 23.5 Å². The van der Waals surface area contributed by atoms with Crippen LogP contribution in [0.15, 0.2) is 23.2 Å². The van der Waals surface area contributed by atoms with Crippen LogP contribution in [0.3, 0.4) is 0 Å². The number of carbonyl (C=O) groups excluding carboxylic acids is 2. The van der Waals surface area contributed by atoms with Crippen LogP contribution in [0, 0.1) is 0 Å². The molecule has 37 heavy (non-hydrogen) atoms. The van der Waals surface area contributed by atoms with Crippen molar-refractivity contribution in [3.05, 3.63) is 23.8 Å². The number of aliphatic hydroxyl groups is 1. The number of nitrogens with zero attached hydrogens (tertiary/aromatic N) is 3. The first-order valence-electron chi connectivity index (χ1n) is 13.6. The lowest BCUT2D eigenvalue weighted by Gasteiger charge is -2.34. The van der Waals surface area contributed by atoms with Crippen molar-refractivity contribution < 1.29 is 24.2 Å². The van der Waals surface area contributed by atoms with Crippen LogP contribution in [0.1, 0.15) is 84.1 Å². The van der Waals surface area contributed by atoms with E-state index in [1.165, 1.54) is 19.3 Å². The van der Waals surface area contributed by atoms with Crippen molar-refractivity contribution in [1.29, 1.82) is 0 Å². The van der Waals surface area contributed by atoms with Gasteiger partial charge in [0.1, 0.15) is 23.6 Å². The quantitative estimate of drug-likeness (QED) is 0.320. The molecule has 1 amide bonds. The summed E-state index contributed by atoms with van der Waals surface area (Å²) in [5, 5.41) is 9.14. The first kappa shape index (κ1) is 28.8. The predicted molar refractivity (Wildman–Crippen MR) is 144 cm³/mol. The lowest BCUT2D eigenvalue weighted by atomic mass is 9.93. The molecule has 1 aromatic carbocycles. The number of unbranched alkanes of at least 4 members (excludes halogenated alkanes) is 1. The highest BCUT2D eigenvalue weighted by atomic mass is 16.6. The Morgan fingerprint density at radius 1 is 1.16 bits per heavy atom. The number of guanidine groups is 1. The minimum atomic E-state index is -0.564. The van der Waals surface area contributed by atoms with Crippen LogP contribution in [-0.4, -0.2) is 70.7 Å². The van der Waals surface area contributed by atoms with Crippen molar-refractivity contribution in [1.82, 2.24) is 9.80 Å². The average Bonchev–Trinajstić information content (AvgIpc) is 2.84. The Labute approximate surface area is 221 Å². The largest absolute Gasteiger partial charge is 0.491 e. The van der Waals surface area contributed by atoms with Gasteiger partial charge in [-0.1, -0.05) is 31.4 Å². The SMILES string of the molecule is CC(C)(C)OC(=O)CN1Cc2cccc(OCCCC(=O)N(CCCCO)C3CCCCC3)c2N=C1N. The molecule has 9 heteroatoms. The Balaban J connectivity index is 1.53. The molecule has 206 valence electrons. The van der Waals surface area contributed by atoms with Gasteiger partial charge in [0.2, 0.25) is 5.91 Å². The topological polar surface area (TPSA) is 118 Å². The monoisotopic (exact) mass is 516 g/mol. The fourth-order valence-corrected chi connectivity index (χ4v) is 4.92. The molecule has 2 aliphatic rings. The fourth-order valence-electron chi connectivity index (χ4n) is 4.92. The van der Waals surface area contributed by atoms with Gasteiger partial charge in [-0.05, 0) is 58.9 Å². The number of aliphatic hydroxyl groups excluding tert-OH is 1. The van der Waals surface area contributed by atoms with E-state index < -0.39 is 5.60 Å². The lowest BCUT2D eigenvalue weighted by Crippen LogP contribution is -2.43. The Hall–Kier alpha value is -2.81. The van der Waals surface area contributed by atoms with Crippen molar-refractivity contribution in [2.24, 2.45) is 10.7 Å². The van der Waals surface area contributed by atoms with Gasteiger partial charge in [0, 0.05) is 37.7 Å². The van der Waals surface area contributed by atoms with Crippen LogP contribution in [0.4, 0.5) is 5.69 Å². The number of nitrogens with two attached hydrogens (primary N) is 1. The van der Waals surface area contributed by atoms with Crippen molar-refractivity contribution in [3.8, 4) is 5.75 Å². The van der Waals surface area contributed by atoms with Gasteiger partial charge in [0.25, 0.3) is 0 Å². The van der Waals surface area contributed by atoms with Crippen LogP contribution in [-0.2, 0) is 20.9 Å². The summed E-state index contributed by atoms with van der Waals surface area (Å²) in [7, 11) is 0. The average molecular weight is 517 g/mol. The second-order valence-corrected chi connectivity index (χ2v) is 10.9. The molecule has 1 aromatic rings. The van der Waals surface area contributed by atoms with Gasteiger partial charge in [0.05, 0.1) is 6.61 Å². The van der Waals surface area contributed by atoms with Crippen LogP contribution in [0.2, 0.25) is 0 Å². The summed E-state index contributed by atoms with van der Waals surface area (Å²) in [4.78, 5) is 33.6. The highest BCUT2D eigenvalue weighted by molar-refractivity contribution is 5.88. The number of para-hydroxylation sites is 1. The number of aliphatic imine (C=N–C) groups is 1. The molecule has 3 rings (SSSR count). The van der Waals surface area contributed by atoms with Crippen LogP contribution < -0.4 is 10.5 Å². The van der Waals surface area contributed by atoms with Gasteiger partial charge in [-0.25, -0.2) is 4.99 Å². The maximum absolute atomic E-state index is 13.1. The van der Waals surface area contributed by atoms with E-state index in [4.69, 9.17) is 20.3 Å². The number of esters is 1. The Morgan fingerprint density at radius 2 is 1.92 bits per heavy atom. The van der Waals surface area contributed by atoms with Gasteiger partial charge in [-0.2, -0.15) is 0 Å². The van der Waals surface area contributed by atoms with Crippen molar-refractivity contribution in [3.63, 3.8) is 0 Å². The Bertz CT molecular complexity index is 937. The van der Waals surface area contributed by atoms with E-state index in [0.717, 1.165) is 31.2 Å². The van der Waals surface area contributed by atoms with Crippen LogP contribution >= 0.6 is 0 Å². The second-order valence-electron chi connectivity index (χ2n) is 10.9. The number of carbonyl (C=O) groups is 2. The van der Waals surface area contributed by atoms with Gasteiger partial charge in [-0.3, -0.25) is 9.59 Å². The summed E-state index contributed by atoms with van der Waals surface area (Å²) in [6.07, 6.45) is 8.33. The number of benzene rings is 1. The molecule has 3 N–H and O–H groups in total. The molecule has 0 saturated heterocycles. The molecule has 1 aliphatic carbocycles. The third-order valence-electron chi connectivity index (χ3n) is 6.67. The normalized spacial score (nSPS) is 16.1. The fraction of sp³-hybridized carbons (Fsp3) is 0.679. The lowest BCUT2D eigenvalue weighted by molar-refractivity contribution is -0.155. The van der Waals surface area contributed by atoms with Gasteiger partial charge in [-0.15, -0.1) is 0 Å². The maximum atomic E-state index is 13.1. The van der Waals surface area contributed by atoms with E-state index >= 15 is 0 Å². The minimum Gasteiger partial charge on any atom is -0.491 e. The molecule has 1 heterocycles. The Kier molecular flexibility index (Phi) is 10.6. The number of fused-ring (bicyclic) bond motifs is 1. The highest BCUT2D eigenvalue weighted by Crippen LogP contribution is 2.35. The molecule has 0 spiro atoms. The Morgan fingerprint density at radius 3 is 2.62 bits per heavy atom. The number of rotatable bonds is 12. The predicted octanol–water partition coefficient (Wildman–Crippen LogP) is 3.88. The maximum Gasteiger partial charge on any atom is 0.326 e. The zero-order valence-corrected chi connectivity index (χ0v) is 22.7. The molecule has 1 fully saturated rings.